The zero-order chi connectivity index (χ0) is 13.0. The highest BCUT2D eigenvalue weighted by Crippen LogP contribution is 2.24. The van der Waals surface area contributed by atoms with Crippen LogP contribution in [0.1, 0.15) is 24.1 Å². The molecular weight excluding hydrogens is 228 g/mol. The molecule has 0 spiro atoms. The Morgan fingerprint density at radius 1 is 1.56 bits per heavy atom. The van der Waals surface area contributed by atoms with Crippen molar-refractivity contribution >= 4 is 0 Å². The van der Waals surface area contributed by atoms with Gasteiger partial charge in [0.1, 0.15) is 5.75 Å². The van der Waals surface area contributed by atoms with Gasteiger partial charge >= 0.3 is 0 Å². The van der Waals surface area contributed by atoms with Gasteiger partial charge in [-0.1, -0.05) is 12.1 Å². The molecule has 1 fully saturated rings. The van der Waals surface area contributed by atoms with Gasteiger partial charge in [-0.05, 0) is 31.0 Å². The Labute approximate surface area is 108 Å². The van der Waals surface area contributed by atoms with Gasteiger partial charge in [-0.3, -0.25) is 0 Å². The summed E-state index contributed by atoms with van der Waals surface area (Å²) in [6.07, 6.45) is 0.0519. The third-order valence-electron chi connectivity index (χ3n) is 3.24. The molecule has 2 rings (SSSR count). The first-order valence-electron chi connectivity index (χ1n) is 6.53. The number of aryl methyl sites for hydroxylation is 1. The first-order chi connectivity index (χ1) is 8.72. The lowest BCUT2D eigenvalue weighted by molar-refractivity contribution is 0.0122. The summed E-state index contributed by atoms with van der Waals surface area (Å²) in [5.74, 6) is 0.927. The van der Waals surface area contributed by atoms with Crippen molar-refractivity contribution in [3.8, 4) is 5.75 Å². The summed E-state index contributed by atoms with van der Waals surface area (Å²) in [5.41, 5.74) is 8.48. The first-order valence-corrected chi connectivity index (χ1v) is 6.53. The van der Waals surface area contributed by atoms with Crippen molar-refractivity contribution in [2.75, 3.05) is 26.3 Å². The fourth-order valence-corrected chi connectivity index (χ4v) is 2.23. The molecule has 0 aliphatic carbocycles. The van der Waals surface area contributed by atoms with Crippen molar-refractivity contribution < 1.29 is 9.47 Å². The number of nitrogens with two attached hydrogens (primary N) is 1. The monoisotopic (exact) mass is 250 g/mol. The van der Waals surface area contributed by atoms with Crippen LogP contribution < -0.4 is 15.8 Å². The number of benzene rings is 1. The lowest BCUT2D eigenvalue weighted by Gasteiger charge is -2.29. The van der Waals surface area contributed by atoms with Gasteiger partial charge in [-0.15, -0.1) is 0 Å². The Bertz CT molecular complexity index is 389. The summed E-state index contributed by atoms with van der Waals surface area (Å²) in [7, 11) is 0. The highest BCUT2D eigenvalue weighted by Gasteiger charge is 2.22. The second-order valence-corrected chi connectivity index (χ2v) is 4.60. The standard InChI is InChI=1S/C14H22N2O2/c1-3-17-12-5-4-11(8-10(12)2)14(15)13-9-16-6-7-18-13/h4-5,8,13-14,16H,3,6-7,9,15H2,1-2H3. The largest absolute Gasteiger partial charge is 0.494 e. The van der Waals surface area contributed by atoms with Gasteiger partial charge in [-0.25, -0.2) is 0 Å². The van der Waals surface area contributed by atoms with Crippen molar-refractivity contribution in [2.24, 2.45) is 5.73 Å². The van der Waals surface area contributed by atoms with Crippen LogP contribution in [0, 0.1) is 6.92 Å². The molecule has 1 aliphatic rings. The van der Waals surface area contributed by atoms with Crippen LogP contribution >= 0.6 is 0 Å². The van der Waals surface area contributed by atoms with E-state index in [2.05, 4.69) is 11.4 Å². The molecule has 1 aromatic rings. The van der Waals surface area contributed by atoms with Crippen LogP contribution in [-0.2, 0) is 4.74 Å². The average Bonchev–Trinajstić information content (AvgIpc) is 2.41. The van der Waals surface area contributed by atoms with Gasteiger partial charge in [-0.2, -0.15) is 0 Å². The normalized spacial score (nSPS) is 21.6. The van der Waals surface area contributed by atoms with Gasteiger partial charge in [0.25, 0.3) is 0 Å². The lowest BCUT2D eigenvalue weighted by atomic mass is 9.99. The molecule has 0 amide bonds. The van der Waals surface area contributed by atoms with Crippen LogP contribution in [0.5, 0.6) is 5.75 Å². The average molecular weight is 250 g/mol. The minimum absolute atomic E-state index is 0.0519. The molecule has 3 N–H and O–H groups in total. The first kappa shape index (κ1) is 13.3. The molecule has 0 aromatic heterocycles. The zero-order valence-corrected chi connectivity index (χ0v) is 11.1. The topological polar surface area (TPSA) is 56.5 Å². The molecule has 0 bridgehead atoms. The summed E-state index contributed by atoms with van der Waals surface area (Å²) < 4.78 is 11.2. The van der Waals surface area contributed by atoms with Crippen LogP contribution in [0.15, 0.2) is 18.2 Å². The number of ether oxygens (including phenoxy) is 2. The van der Waals surface area contributed by atoms with E-state index in [0.717, 1.165) is 36.6 Å². The smallest absolute Gasteiger partial charge is 0.122 e. The van der Waals surface area contributed by atoms with Crippen molar-refractivity contribution in [3.63, 3.8) is 0 Å². The van der Waals surface area contributed by atoms with E-state index in [4.69, 9.17) is 15.2 Å². The van der Waals surface area contributed by atoms with Gasteiger partial charge < -0.3 is 20.5 Å². The summed E-state index contributed by atoms with van der Waals surface area (Å²) in [6.45, 7) is 7.16. The third-order valence-corrected chi connectivity index (χ3v) is 3.24. The number of morpholine rings is 1. The van der Waals surface area contributed by atoms with E-state index in [-0.39, 0.29) is 12.1 Å². The van der Waals surface area contributed by atoms with Crippen LogP contribution in [0.25, 0.3) is 0 Å². The lowest BCUT2D eigenvalue weighted by Crippen LogP contribution is -2.44. The molecule has 0 radical (unpaired) electrons. The molecule has 1 aromatic carbocycles. The molecule has 0 saturated carbocycles. The minimum atomic E-state index is -0.0906. The molecule has 4 nitrogen and oxygen atoms in total. The van der Waals surface area contributed by atoms with Crippen molar-refractivity contribution in [1.29, 1.82) is 0 Å². The predicted octanol–water partition coefficient (Wildman–Crippen LogP) is 1.38. The molecule has 1 saturated heterocycles. The summed E-state index contributed by atoms with van der Waals surface area (Å²) in [5, 5.41) is 3.30. The predicted molar refractivity (Wildman–Crippen MR) is 71.9 cm³/mol. The second kappa shape index (κ2) is 6.18. The number of rotatable bonds is 4. The van der Waals surface area contributed by atoms with E-state index in [0.29, 0.717) is 6.61 Å². The van der Waals surface area contributed by atoms with Gasteiger partial charge in [0.05, 0.1) is 25.4 Å². The quantitative estimate of drug-likeness (QED) is 0.847. The molecule has 2 atom stereocenters. The minimum Gasteiger partial charge on any atom is -0.494 e. The Morgan fingerprint density at radius 3 is 3.00 bits per heavy atom. The maximum atomic E-state index is 6.26. The Kier molecular flexibility index (Phi) is 4.58. The Balaban J connectivity index is 2.10. The van der Waals surface area contributed by atoms with E-state index in [1.807, 2.05) is 26.0 Å². The second-order valence-electron chi connectivity index (χ2n) is 4.60. The maximum Gasteiger partial charge on any atom is 0.122 e. The maximum absolute atomic E-state index is 6.26. The molecule has 18 heavy (non-hydrogen) atoms. The van der Waals surface area contributed by atoms with Crippen LogP contribution in [0.3, 0.4) is 0 Å². The fourth-order valence-electron chi connectivity index (χ4n) is 2.23. The molecular formula is C14H22N2O2. The van der Waals surface area contributed by atoms with Gasteiger partial charge in [0.2, 0.25) is 0 Å². The summed E-state index contributed by atoms with van der Waals surface area (Å²) in [4.78, 5) is 0. The fraction of sp³-hybridized carbons (Fsp3) is 0.571. The van der Waals surface area contributed by atoms with Crippen molar-refractivity contribution in [3.05, 3.63) is 29.3 Å². The number of hydrogen-bond acceptors (Lipinski definition) is 4. The van der Waals surface area contributed by atoms with Crippen LogP contribution in [0.4, 0.5) is 0 Å². The number of hydrogen-bond donors (Lipinski definition) is 2. The molecule has 1 aliphatic heterocycles. The zero-order valence-electron chi connectivity index (χ0n) is 11.1. The SMILES string of the molecule is CCOc1ccc(C(N)C2CNCCO2)cc1C. The van der Waals surface area contributed by atoms with E-state index in [9.17, 15) is 0 Å². The van der Waals surface area contributed by atoms with Crippen molar-refractivity contribution in [1.82, 2.24) is 5.32 Å². The highest BCUT2D eigenvalue weighted by molar-refractivity contribution is 5.37. The third kappa shape index (κ3) is 3.02. The van der Waals surface area contributed by atoms with E-state index >= 15 is 0 Å². The Hall–Kier alpha value is -1.10. The van der Waals surface area contributed by atoms with Gasteiger partial charge in [0, 0.05) is 13.1 Å². The van der Waals surface area contributed by atoms with E-state index in [1.165, 1.54) is 0 Å². The highest BCUT2D eigenvalue weighted by atomic mass is 16.5. The van der Waals surface area contributed by atoms with Crippen molar-refractivity contribution in [2.45, 2.75) is 26.0 Å². The molecule has 4 heteroatoms. The van der Waals surface area contributed by atoms with E-state index in [1.54, 1.807) is 0 Å². The number of nitrogens with one attached hydrogen (secondary N) is 1. The summed E-state index contributed by atoms with van der Waals surface area (Å²) >= 11 is 0. The van der Waals surface area contributed by atoms with Crippen LogP contribution in [-0.4, -0.2) is 32.4 Å². The molecule has 2 unspecified atom stereocenters. The Morgan fingerprint density at radius 2 is 2.39 bits per heavy atom. The van der Waals surface area contributed by atoms with Gasteiger partial charge in [0.15, 0.2) is 0 Å². The van der Waals surface area contributed by atoms with Crippen LogP contribution in [0.2, 0.25) is 0 Å². The molecule has 1 heterocycles. The summed E-state index contributed by atoms with van der Waals surface area (Å²) in [6, 6.07) is 6.02. The van der Waals surface area contributed by atoms with E-state index < -0.39 is 0 Å². The molecule has 100 valence electrons.